The first-order valence-corrected chi connectivity index (χ1v) is 7.09. The number of carbonyl (C=O) groups excluding carboxylic acids is 1. The number of halogens is 3. The Balaban J connectivity index is 1.90. The molecule has 1 N–H and O–H groups in total. The van der Waals surface area contributed by atoms with Gasteiger partial charge in [-0.3, -0.25) is 4.79 Å². The van der Waals surface area contributed by atoms with Crippen molar-refractivity contribution in [2.75, 3.05) is 13.7 Å². The van der Waals surface area contributed by atoms with E-state index in [1.54, 1.807) is 24.3 Å². The maximum atomic E-state index is 12.8. The summed E-state index contributed by atoms with van der Waals surface area (Å²) in [6, 6.07) is 11.8. The van der Waals surface area contributed by atoms with Gasteiger partial charge in [-0.05, 0) is 29.8 Å². The van der Waals surface area contributed by atoms with E-state index in [0.29, 0.717) is 5.75 Å². The number of para-hydroxylation sites is 1. The summed E-state index contributed by atoms with van der Waals surface area (Å²) < 4.78 is 48.5. The van der Waals surface area contributed by atoms with Crippen LogP contribution in [0.4, 0.5) is 13.2 Å². The Kier molecular flexibility index (Phi) is 5.68. The summed E-state index contributed by atoms with van der Waals surface area (Å²) in [7, 11) is 1.53. The highest BCUT2D eigenvalue weighted by Crippen LogP contribution is 2.35. The maximum Gasteiger partial charge on any atom is 0.419 e. The molecule has 0 heterocycles. The van der Waals surface area contributed by atoms with Crippen molar-refractivity contribution < 1.29 is 27.4 Å². The summed E-state index contributed by atoms with van der Waals surface area (Å²) in [4.78, 5) is 11.8. The molecule has 0 aromatic heterocycles. The van der Waals surface area contributed by atoms with Crippen LogP contribution in [0.2, 0.25) is 0 Å². The molecule has 24 heavy (non-hydrogen) atoms. The number of carbonyl (C=O) groups is 1. The van der Waals surface area contributed by atoms with E-state index in [1.165, 1.54) is 25.3 Å². The number of hydrogen-bond acceptors (Lipinski definition) is 3. The van der Waals surface area contributed by atoms with Gasteiger partial charge in [-0.25, -0.2) is 0 Å². The molecule has 0 saturated carbocycles. The molecule has 2 aromatic carbocycles. The molecule has 0 aliphatic carbocycles. The number of benzene rings is 2. The van der Waals surface area contributed by atoms with Crippen molar-refractivity contribution in [3.05, 3.63) is 59.7 Å². The minimum absolute atomic E-state index is 0.223. The topological polar surface area (TPSA) is 47.6 Å². The molecule has 0 atom stereocenters. The van der Waals surface area contributed by atoms with Gasteiger partial charge in [-0.1, -0.05) is 24.3 Å². The number of alkyl halides is 3. The Morgan fingerprint density at radius 2 is 1.88 bits per heavy atom. The van der Waals surface area contributed by atoms with Crippen LogP contribution in [-0.4, -0.2) is 19.6 Å². The van der Waals surface area contributed by atoms with E-state index >= 15 is 0 Å². The Hall–Kier alpha value is -2.70. The second-order valence-corrected chi connectivity index (χ2v) is 4.91. The zero-order valence-corrected chi connectivity index (χ0v) is 12.9. The zero-order valence-electron chi connectivity index (χ0n) is 12.9. The van der Waals surface area contributed by atoms with Gasteiger partial charge in [0, 0.05) is 6.54 Å². The molecule has 0 aliphatic rings. The number of methoxy groups -OCH3 is 1. The van der Waals surface area contributed by atoms with E-state index in [2.05, 4.69) is 5.32 Å². The lowest BCUT2D eigenvalue weighted by atomic mass is 10.2. The minimum Gasteiger partial charge on any atom is -0.497 e. The first-order chi connectivity index (χ1) is 11.4. The van der Waals surface area contributed by atoms with Gasteiger partial charge >= 0.3 is 6.18 Å². The van der Waals surface area contributed by atoms with Crippen molar-refractivity contribution in [1.82, 2.24) is 5.32 Å². The van der Waals surface area contributed by atoms with Gasteiger partial charge in [0.25, 0.3) is 5.91 Å². The molecule has 0 unspecified atom stereocenters. The van der Waals surface area contributed by atoms with E-state index in [1.807, 2.05) is 0 Å². The molecule has 0 fully saturated rings. The zero-order chi connectivity index (χ0) is 17.6. The summed E-state index contributed by atoms with van der Waals surface area (Å²) in [5, 5.41) is 2.58. The van der Waals surface area contributed by atoms with Crippen molar-refractivity contribution in [2.24, 2.45) is 0 Å². The second-order valence-electron chi connectivity index (χ2n) is 4.91. The number of hydrogen-bond donors (Lipinski definition) is 1. The van der Waals surface area contributed by atoms with Gasteiger partial charge in [0.2, 0.25) is 0 Å². The molecule has 2 rings (SSSR count). The Morgan fingerprint density at radius 1 is 1.12 bits per heavy atom. The van der Waals surface area contributed by atoms with Crippen LogP contribution in [0, 0.1) is 0 Å². The highest BCUT2D eigenvalue weighted by molar-refractivity contribution is 5.77. The van der Waals surface area contributed by atoms with Crippen LogP contribution in [0.1, 0.15) is 11.1 Å². The van der Waals surface area contributed by atoms with Crippen LogP contribution in [-0.2, 0) is 17.5 Å². The van der Waals surface area contributed by atoms with Crippen LogP contribution in [0.5, 0.6) is 11.5 Å². The Labute approximate surface area is 137 Å². The van der Waals surface area contributed by atoms with Crippen LogP contribution >= 0.6 is 0 Å². The molecule has 4 nitrogen and oxygen atoms in total. The summed E-state index contributed by atoms with van der Waals surface area (Å²) in [5.41, 5.74) is -0.107. The molecular formula is C17H16F3NO3. The summed E-state index contributed by atoms with van der Waals surface area (Å²) in [5.74, 6) is -0.242. The molecule has 1 amide bonds. The fourth-order valence-electron chi connectivity index (χ4n) is 2.00. The Bertz CT molecular complexity index is 701. The highest BCUT2D eigenvalue weighted by Gasteiger charge is 2.34. The predicted octanol–water partition coefficient (Wildman–Crippen LogP) is 3.41. The molecule has 0 bridgehead atoms. The number of rotatable bonds is 6. The first-order valence-electron chi connectivity index (χ1n) is 7.09. The Morgan fingerprint density at radius 3 is 2.58 bits per heavy atom. The van der Waals surface area contributed by atoms with Gasteiger partial charge in [0.05, 0.1) is 12.7 Å². The standard InChI is InChI=1S/C17H16F3NO3/c1-23-13-6-4-5-12(9-13)10-21-16(22)11-24-15-8-3-2-7-14(15)17(18,19)20/h2-9H,10-11H2,1H3,(H,21,22). The summed E-state index contributed by atoms with van der Waals surface area (Å²) in [6.45, 7) is -0.280. The van der Waals surface area contributed by atoms with Gasteiger partial charge < -0.3 is 14.8 Å². The fraction of sp³-hybridized carbons (Fsp3) is 0.235. The lowest BCUT2D eigenvalue weighted by Gasteiger charge is -2.13. The predicted molar refractivity (Wildman–Crippen MR) is 81.8 cm³/mol. The number of nitrogens with one attached hydrogen (secondary N) is 1. The van der Waals surface area contributed by atoms with E-state index in [0.717, 1.165) is 11.6 Å². The monoisotopic (exact) mass is 339 g/mol. The largest absolute Gasteiger partial charge is 0.497 e. The molecule has 7 heteroatoms. The SMILES string of the molecule is COc1cccc(CNC(=O)COc2ccccc2C(F)(F)F)c1. The van der Waals surface area contributed by atoms with Crippen LogP contribution in [0.15, 0.2) is 48.5 Å². The third-order valence-corrected chi connectivity index (χ3v) is 3.18. The molecule has 2 aromatic rings. The molecular weight excluding hydrogens is 323 g/mol. The van der Waals surface area contributed by atoms with Gasteiger partial charge in [-0.2, -0.15) is 13.2 Å². The normalized spacial score (nSPS) is 11.0. The average molecular weight is 339 g/mol. The maximum absolute atomic E-state index is 12.8. The third-order valence-electron chi connectivity index (χ3n) is 3.18. The van der Waals surface area contributed by atoms with Gasteiger partial charge in [0.1, 0.15) is 11.5 Å². The molecule has 0 spiro atoms. The van der Waals surface area contributed by atoms with Crippen molar-refractivity contribution in [3.63, 3.8) is 0 Å². The lowest BCUT2D eigenvalue weighted by Crippen LogP contribution is -2.28. The van der Waals surface area contributed by atoms with Gasteiger partial charge in [0.15, 0.2) is 6.61 Å². The van der Waals surface area contributed by atoms with E-state index in [9.17, 15) is 18.0 Å². The van der Waals surface area contributed by atoms with E-state index in [-0.39, 0.29) is 12.3 Å². The quantitative estimate of drug-likeness (QED) is 0.877. The fourth-order valence-corrected chi connectivity index (χ4v) is 2.00. The van der Waals surface area contributed by atoms with Crippen molar-refractivity contribution in [3.8, 4) is 11.5 Å². The number of amides is 1. The second kappa shape index (κ2) is 7.72. The van der Waals surface area contributed by atoms with Crippen molar-refractivity contribution in [1.29, 1.82) is 0 Å². The van der Waals surface area contributed by atoms with Crippen molar-refractivity contribution >= 4 is 5.91 Å². The minimum atomic E-state index is -4.53. The summed E-state index contributed by atoms with van der Waals surface area (Å²) >= 11 is 0. The van der Waals surface area contributed by atoms with Crippen molar-refractivity contribution in [2.45, 2.75) is 12.7 Å². The molecule has 0 radical (unpaired) electrons. The first kappa shape index (κ1) is 17.7. The molecule has 0 aliphatic heterocycles. The van der Waals surface area contributed by atoms with E-state index in [4.69, 9.17) is 9.47 Å². The summed E-state index contributed by atoms with van der Waals surface area (Å²) in [6.07, 6.45) is -4.53. The van der Waals surface area contributed by atoms with Crippen LogP contribution < -0.4 is 14.8 Å². The van der Waals surface area contributed by atoms with Crippen LogP contribution in [0.25, 0.3) is 0 Å². The van der Waals surface area contributed by atoms with Gasteiger partial charge in [-0.15, -0.1) is 0 Å². The lowest BCUT2D eigenvalue weighted by molar-refractivity contribution is -0.139. The van der Waals surface area contributed by atoms with Crippen LogP contribution in [0.3, 0.4) is 0 Å². The average Bonchev–Trinajstić information content (AvgIpc) is 2.57. The molecule has 128 valence electrons. The smallest absolute Gasteiger partial charge is 0.419 e. The molecule has 0 saturated heterocycles. The van der Waals surface area contributed by atoms with E-state index < -0.39 is 24.3 Å². The number of ether oxygens (including phenoxy) is 2. The highest BCUT2D eigenvalue weighted by atomic mass is 19.4. The third kappa shape index (κ3) is 4.91.